The van der Waals surface area contributed by atoms with Gasteiger partial charge in [0.2, 0.25) is 5.91 Å². The second-order valence-corrected chi connectivity index (χ2v) is 7.51. The Kier molecular flexibility index (Phi) is 5.28. The molecule has 1 aromatic heterocycles. The van der Waals surface area contributed by atoms with Crippen molar-refractivity contribution >= 4 is 17.8 Å². The number of nitrogens with one attached hydrogen (secondary N) is 1. The normalized spacial score (nSPS) is 29.9. The lowest BCUT2D eigenvalue weighted by Crippen LogP contribution is -2.57. The predicted molar refractivity (Wildman–Crippen MR) is 103 cm³/mol. The fourth-order valence-electron chi connectivity index (χ4n) is 4.52. The van der Waals surface area contributed by atoms with E-state index in [0.29, 0.717) is 24.8 Å². The Morgan fingerprint density at radius 1 is 1.14 bits per heavy atom. The number of carbonyl (C=O) groups is 2. The number of allylic oxidation sites excluding steroid dienone is 1. The van der Waals surface area contributed by atoms with Crippen molar-refractivity contribution < 1.29 is 14.0 Å². The van der Waals surface area contributed by atoms with Crippen LogP contribution in [0.1, 0.15) is 36.3 Å². The fourth-order valence-corrected chi connectivity index (χ4v) is 4.52. The Balaban J connectivity index is 1.66. The summed E-state index contributed by atoms with van der Waals surface area (Å²) >= 11 is 0. The number of fused-ring (bicyclic) bond motifs is 1. The number of carbonyl (C=O) groups excluding carboxylic acids is 2. The number of benzene rings is 1. The minimum atomic E-state index is -0.900. The number of rotatable bonds is 4. The Morgan fingerprint density at radius 2 is 1.89 bits per heavy atom. The van der Waals surface area contributed by atoms with Gasteiger partial charge >= 0.3 is 0 Å². The molecule has 1 amide bonds. The number of alkyl halides is 1. The average Bonchev–Trinajstić information content (AvgIpc) is 2.72. The minimum Gasteiger partial charge on any atom is -0.352 e. The maximum Gasteiger partial charge on any atom is 0.231 e. The van der Waals surface area contributed by atoms with Crippen molar-refractivity contribution in [1.82, 2.24) is 15.3 Å². The first kappa shape index (κ1) is 18.5. The molecule has 5 nitrogen and oxygen atoms in total. The lowest BCUT2D eigenvalue weighted by molar-refractivity contribution is -0.138. The van der Waals surface area contributed by atoms with Crippen LogP contribution in [0.5, 0.6) is 0 Å². The molecule has 1 aliphatic heterocycles. The molecular weight excluding hydrogens is 357 g/mol. The van der Waals surface area contributed by atoms with E-state index in [4.69, 9.17) is 0 Å². The lowest BCUT2D eigenvalue weighted by atomic mass is 9.64. The van der Waals surface area contributed by atoms with E-state index in [1.807, 2.05) is 30.3 Å². The van der Waals surface area contributed by atoms with Crippen molar-refractivity contribution in [1.29, 1.82) is 0 Å². The molecule has 1 aliphatic carbocycles. The summed E-state index contributed by atoms with van der Waals surface area (Å²) in [5.74, 6) is -1.59. The Morgan fingerprint density at radius 3 is 2.64 bits per heavy atom. The van der Waals surface area contributed by atoms with Crippen molar-refractivity contribution in [2.45, 2.75) is 37.4 Å². The van der Waals surface area contributed by atoms with Crippen LogP contribution < -0.4 is 5.32 Å². The van der Waals surface area contributed by atoms with Crippen molar-refractivity contribution in [2.75, 3.05) is 0 Å². The summed E-state index contributed by atoms with van der Waals surface area (Å²) in [4.78, 5) is 33.8. The highest BCUT2D eigenvalue weighted by molar-refractivity contribution is 6.09. The molecule has 1 saturated carbocycles. The third kappa shape index (κ3) is 3.72. The number of amides is 1. The summed E-state index contributed by atoms with van der Waals surface area (Å²) in [6, 6.07) is 9.42. The van der Waals surface area contributed by atoms with Crippen LogP contribution >= 0.6 is 0 Å². The molecule has 2 aliphatic rings. The third-order valence-corrected chi connectivity index (χ3v) is 5.78. The van der Waals surface area contributed by atoms with E-state index in [0.717, 1.165) is 5.56 Å². The minimum absolute atomic E-state index is 0.0505. The molecule has 1 N–H and O–H groups in total. The van der Waals surface area contributed by atoms with E-state index in [-0.39, 0.29) is 29.6 Å². The summed E-state index contributed by atoms with van der Waals surface area (Å²) in [7, 11) is 0. The van der Waals surface area contributed by atoms with Crippen LogP contribution in [0.2, 0.25) is 0 Å². The van der Waals surface area contributed by atoms with Gasteiger partial charge in [-0.15, -0.1) is 0 Å². The van der Waals surface area contributed by atoms with Gasteiger partial charge in [-0.1, -0.05) is 30.3 Å². The van der Waals surface area contributed by atoms with Crippen molar-refractivity contribution in [3.8, 4) is 0 Å². The highest BCUT2D eigenvalue weighted by Crippen LogP contribution is 2.45. The van der Waals surface area contributed by atoms with Crippen molar-refractivity contribution in [2.24, 2.45) is 11.8 Å². The standard InChI is InChI=1S/C22H22FN3O2/c23-16-7-8-17-18(10-16)26-22(28)21(20(17)15-4-2-1-3-5-15)19(27)9-6-14-11-24-13-25-12-14/h1-6,9,11-13,16-18,20-21H,7-8,10H2,(H,26,28)/b9-6+. The van der Waals surface area contributed by atoms with Gasteiger partial charge in [-0.25, -0.2) is 14.4 Å². The van der Waals surface area contributed by atoms with Crippen LogP contribution in [0.25, 0.3) is 6.08 Å². The third-order valence-electron chi connectivity index (χ3n) is 5.78. The average molecular weight is 379 g/mol. The molecule has 5 unspecified atom stereocenters. The molecule has 6 heteroatoms. The maximum absolute atomic E-state index is 13.9. The summed E-state index contributed by atoms with van der Waals surface area (Å²) in [5.41, 5.74) is 1.65. The van der Waals surface area contributed by atoms with Crippen LogP contribution in [-0.4, -0.2) is 33.9 Å². The SMILES string of the molecule is O=C(/C=C/c1cncnc1)C1C(=O)NC2CC(F)CCC2C1c1ccccc1. The van der Waals surface area contributed by atoms with Crippen LogP contribution in [0, 0.1) is 11.8 Å². The molecule has 4 rings (SSSR count). The molecule has 144 valence electrons. The molecular formula is C22H22FN3O2. The summed E-state index contributed by atoms with van der Waals surface area (Å²) < 4.78 is 13.9. The predicted octanol–water partition coefficient (Wildman–Crippen LogP) is 3.10. The van der Waals surface area contributed by atoms with Gasteiger partial charge in [-0.05, 0) is 42.9 Å². The van der Waals surface area contributed by atoms with E-state index >= 15 is 0 Å². The summed E-state index contributed by atoms with van der Waals surface area (Å²) in [6.07, 6.45) is 8.23. The van der Waals surface area contributed by atoms with Gasteiger partial charge in [0.1, 0.15) is 18.4 Å². The highest BCUT2D eigenvalue weighted by Gasteiger charge is 2.49. The first-order valence-electron chi connectivity index (χ1n) is 9.60. The van der Waals surface area contributed by atoms with Crippen molar-refractivity contribution in [3.05, 3.63) is 66.3 Å². The molecule has 0 radical (unpaired) electrons. The first-order valence-corrected chi connectivity index (χ1v) is 9.60. The number of hydrogen-bond acceptors (Lipinski definition) is 4. The topological polar surface area (TPSA) is 72.0 Å². The zero-order valence-electron chi connectivity index (χ0n) is 15.4. The molecule has 0 bridgehead atoms. The number of halogens is 1. The molecule has 1 aromatic carbocycles. The zero-order valence-corrected chi connectivity index (χ0v) is 15.4. The highest BCUT2D eigenvalue weighted by atomic mass is 19.1. The van der Waals surface area contributed by atoms with E-state index in [9.17, 15) is 14.0 Å². The number of hydrogen-bond donors (Lipinski definition) is 1. The molecule has 1 saturated heterocycles. The van der Waals surface area contributed by atoms with Gasteiger partial charge in [-0.2, -0.15) is 0 Å². The Labute approximate surface area is 163 Å². The van der Waals surface area contributed by atoms with E-state index in [1.165, 1.54) is 12.4 Å². The quantitative estimate of drug-likeness (QED) is 0.655. The second kappa shape index (κ2) is 8.00. The van der Waals surface area contributed by atoms with Gasteiger partial charge in [0.25, 0.3) is 0 Å². The van der Waals surface area contributed by atoms with E-state index in [2.05, 4.69) is 15.3 Å². The lowest BCUT2D eigenvalue weighted by Gasteiger charge is -2.45. The smallest absolute Gasteiger partial charge is 0.231 e. The molecule has 5 atom stereocenters. The van der Waals surface area contributed by atoms with Gasteiger partial charge in [0, 0.05) is 29.9 Å². The number of piperidine rings is 1. The molecule has 2 heterocycles. The van der Waals surface area contributed by atoms with Crippen LogP contribution in [0.15, 0.2) is 55.1 Å². The largest absolute Gasteiger partial charge is 0.352 e. The molecule has 28 heavy (non-hydrogen) atoms. The van der Waals surface area contributed by atoms with Crippen LogP contribution in [-0.2, 0) is 9.59 Å². The Hall–Kier alpha value is -2.89. The first-order chi connectivity index (χ1) is 13.6. The van der Waals surface area contributed by atoms with Crippen molar-refractivity contribution in [3.63, 3.8) is 0 Å². The van der Waals surface area contributed by atoms with Crippen LogP contribution in [0.3, 0.4) is 0 Å². The molecule has 0 spiro atoms. The number of nitrogens with zero attached hydrogens (tertiary/aromatic N) is 2. The van der Waals surface area contributed by atoms with E-state index < -0.39 is 12.1 Å². The summed E-state index contributed by atoms with van der Waals surface area (Å²) in [6.45, 7) is 0. The van der Waals surface area contributed by atoms with Gasteiger partial charge in [-0.3, -0.25) is 9.59 Å². The van der Waals surface area contributed by atoms with Gasteiger partial charge in [0.15, 0.2) is 5.78 Å². The fraction of sp³-hybridized carbons (Fsp3) is 0.364. The van der Waals surface area contributed by atoms with Crippen LogP contribution in [0.4, 0.5) is 4.39 Å². The van der Waals surface area contributed by atoms with Gasteiger partial charge in [0.05, 0.1) is 0 Å². The molecule has 2 aromatic rings. The summed E-state index contributed by atoms with van der Waals surface area (Å²) in [5, 5.41) is 2.92. The number of ketones is 1. The maximum atomic E-state index is 13.9. The number of aromatic nitrogens is 2. The van der Waals surface area contributed by atoms with E-state index in [1.54, 1.807) is 18.5 Å². The van der Waals surface area contributed by atoms with Gasteiger partial charge < -0.3 is 5.32 Å². The second-order valence-electron chi connectivity index (χ2n) is 7.51. The molecule has 2 fully saturated rings. The zero-order chi connectivity index (χ0) is 19.5. The monoisotopic (exact) mass is 379 g/mol. The Bertz CT molecular complexity index is 872.